The van der Waals surface area contributed by atoms with Crippen molar-refractivity contribution in [1.82, 2.24) is 4.31 Å². The Hall–Kier alpha value is -1.48. The molecule has 8 heteroatoms. The number of sulfonamides is 1. The maximum atomic E-state index is 12.2. The molecule has 1 aromatic rings. The van der Waals surface area contributed by atoms with Crippen LogP contribution in [0, 0.1) is 6.92 Å². The smallest absolute Gasteiger partial charge is 0.254 e. The third-order valence-electron chi connectivity index (χ3n) is 3.01. The van der Waals surface area contributed by atoms with Gasteiger partial charge in [-0.05, 0) is 24.6 Å². The minimum absolute atomic E-state index is 0.0387. The molecule has 0 saturated carbocycles. The van der Waals surface area contributed by atoms with Gasteiger partial charge in [0.05, 0.1) is 4.90 Å². The van der Waals surface area contributed by atoms with E-state index in [2.05, 4.69) is 5.32 Å². The SMILES string of the molecule is COC(CN)C(=O)Nc1ccc(C)c(S(=O)(=O)N(C)C)c1. The maximum Gasteiger partial charge on any atom is 0.254 e. The number of rotatable bonds is 6. The number of amides is 1. The van der Waals surface area contributed by atoms with Crippen LogP contribution in [-0.4, -0.2) is 52.5 Å². The quantitative estimate of drug-likeness (QED) is 0.778. The molecule has 1 unspecified atom stereocenters. The largest absolute Gasteiger partial charge is 0.370 e. The van der Waals surface area contributed by atoms with Crippen LogP contribution in [-0.2, 0) is 19.6 Å². The van der Waals surface area contributed by atoms with Crippen molar-refractivity contribution >= 4 is 21.6 Å². The second kappa shape index (κ2) is 6.99. The van der Waals surface area contributed by atoms with Gasteiger partial charge in [-0.1, -0.05) is 6.07 Å². The Kier molecular flexibility index (Phi) is 5.85. The van der Waals surface area contributed by atoms with Crippen molar-refractivity contribution in [2.75, 3.05) is 33.1 Å². The Bertz CT molecular complexity index is 610. The predicted molar refractivity (Wildman–Crippen MR) is 80.5 cm³/mol. The zero-order valence-electron chi connectivity index (χ0n) is 12.6. The van der Waals surface area contributed by atoms with E-state index < -0.39 is 22.0 Å². The highest BCUT2D eigenvalue weighted by Crippen LogP contribution is 2.22. The molecule has 0 radical (unpaired) electrons. The minimum Gasteiger partial charge on any atom is -0.370 e. The van der Waals surface area contributed by atoms with Crippen LogP contribution in [0.1, 0.15) is 5.56 Å². The molecule has 7 nitrogen and oxygen atoms in total. The fourth-order valence-electron chi connectivity index (χ4n) is 1.69. The summed E-state index contributed by atoms with van der Waals surface area (Å²) in [5.74, 6) is -0.419. The van der Waals surface area contributed by atoms with Gasteiger partial charge in [0, 0.05) is 33.4 Å². The third-order valence-corrected chi connectivity index (χ3v) is 4.96. The highest BCUT2D eigenvalue weighted by molar-refractivity contribution is 7.89. The normalized spacial score (nSPS) is 13.2. The van der Waals surface area contributed by atoms with Crippen LogP contribution in [0.4, 0.5) is 5.69 Å². The van der Waals surface area contributed by atoms with E-state index >= 15 is 0 Å². The van der Waals surface area contributed by atoms with Gasteiger partial charge in [-0.25, -0.2) is 12.7 Å². The summed E-state index contributed by atoms with van der Waals surface area (Å²) >= 11 is 0. The Balaban J connectivity index is 3.11. The number of carbonyl (C=O) groups is 1. The van der Waals surface area contributed by atoms with Crippen LogP contribution < -0.4 is 11.1 Å². The molecule has 118 valence electrons. The van der Waals surface area contributed by atoms with Crippen molar-refractivity contribution in [1.29, 1.82) is 0 Å². The first kappa shape index (κ1) is 17.6. The van der Waals surface area contributed by atoms with Crippen molar-refractivity contribution in [3.8, 4) is 0 Å². The Morgan fingerprint density at radius 2 is 2.05 bits per heavy atom. The Morgan fingerprint density at radius 1 is 1.43 bits per heavy atom. The van der Waals surface area contributed by atoms with E-state index in [4.69, 9.17) is 10.5 Å². The van der Waals surface area contributed by atoms with Gasteiger partial charge in [-0.3, -0.25) is 4.79 Å². The third kappa shape index (κ3) is 4.01. The van der Waals surface area contributed by atoms with Gasteiger partial charge in [-0.15, -0.1) is 0 Å². The molecule has 1 amide bonds. The maximum absolute atomic E-state index is 12.2. The van der Waals surface area contributed by atoms with Crippen molar-refractivity contribution < 1.29 is 17.9 Å². The van der Waals surface area contributed by atoms with Gasteiger partial charge in [0.1, 0.15) is 6.10 Å². The monoisotopic (exact) mass is 315 g/mol. The molecule has 0 fully saturated rings. The molecular weight excluding hydrogens is 294 g/mol. The summed E-state index contributed by atoms with van der Waals surface area (Å²) in [4.78, 5) is 12.0. The number of hydrogen-bond donors (Lipinski definition) is 2. The molecule has 0 saturated heterocycles. The number of nitrogens with one attached hydrogen (secondary N) is 1. The van der Waals surface area contributed by atoms with Gasteiger partial charge in [0.2, 0.25) is 10.0 Å². The summed E-state index contributed by atoms with van der Waals surface area (Å²) in [6.45, 7) is 1.73. The van der Waals surface area contributed by atoms with Gasteiger partial charge in [0.15, 0.2) is 0 Å². The van der Waals surface area contributed by atoms with Crippen molar-refractivity contribution in [3.05, 3.63) is 23.8 Å². The molecule has 1 rings (SSSR count). The van der Waals surface area contributed by atoms with Crippen molar-refractivity contribution in [3.63, 3.8) is 0 Å². The standard InChI is InChI=1S/C13H21N3O4S/c1-9-5-6-10(15-13(17)11(8-14)20-4)7-12(9)21(18,19)16(2)3/h5-7,11H,8,14H2,1-4H3,(H,15,17). The number of ether oxygens (including phenoxy) is 1. The molecule has 21 heavy (non-hydrogen) atoms. The van der Waals surface area contributed by atoms with E-state index in [-0.39, 0.29) is 11.4 Å². The fourth-order valence-corrected chi connectivity index (χ4v) is 2.83. The molecule has 1 aromatic carbocycles. The van der Waals surface area contributed by atoms with E-state index in [1.54, 1.807) is 19.1 Å². The number of nitrogens with zero attached hydrogens (tertiary/aromatic N) is 1. The second-order valence-electron chi connectivity index (χ2n) is 4.72. The molecule has 0 bridgehead atoms. The summed E-state index contributed by atoms with van der Waals surface area (Å²) in [5, 5.41) is 2.60. The lowest BCUT2D eigenvalue weighted by Crippen LogP contribution is -2.36. The van der Waals surface area contributed by atoms with E-state index in [0.717, 1.165) is 4.31 Å². The number of carbonyl (C=O) groups excluding carboxylic acids is 1. The molecular formula is C13H21N3O4S. The fraction of sp³-hybridized carbons (Fsp3) is 0.462. The zero-order valence-corrected chi connectivity index (χ0v) is 13.4. The molecule has 0 aromatic heterocycles. The highest BCUT2D eigenvalue weighted by Gasteiger charge is 2.21. The zero-order chi connectivity index (χ0) is 16.2. The molecule has 0 aliphatic heterocycles. The number of benzene rings is 1. The van der Waals surface area contributed by atoms with Gasteiger partial charge in [-0.2, -0.15) is 0 Å². The van der Waals surface area contributed by atoms with Crippen LogP contribution in [0.15, 0.2) is 23.1 Å². The average Bonchev–Trinajstić information content (AvgIpc) is 2.42. The average molecular weight is 315 g/mol. The summed E-state index contributed by atoms with van der Waals surface area (Å²) < 4.78 is 30.5. The van der Waals surface area contributed by atoms with Crippen LogP contribution >= 0.6 is 0 Å². The van der Waals surface area contributed by atoms with Crippen LogP contribution in [0.25, 0.3) is 0 Å². The first-order valence-corrected chi connectivity index (χ1v) is 7.75. The van der Waals surface area contributed by atoms with Gasteiger partial charge in [0.25, 0.3) is 5.91 Å². The number of methoxy groups -OCH3 is 1. The van der Waals surface area contributed by atoms with Crippen LogP contribution in [0.5, 0.6) is 0 Å². The minimum atomic E-state index is -3.57. The molecule has 0 aliphatic rings. The molecule has 0 spiro atoms. The summed E-state index contributed by atoms with van der Waals surface area (Å²) in [6.07, 6.45) is -0.778. The van der Waals surface area contributed by atoms with E-state index in [9.17, 15) is 13.2 Å². The molecule has 3 N–H and O–H groups in total. The first-order chi connectivity index (χ1) is 9.73. The lowest BCUT2D eigenvalue weighted by Gasteiger charge is -2.16. The summed E-state index contributed by atoms with van der Waals surface area (Å²) in [5.41, 5.74) is 6.39. The van der Waals surface area contributed by atoms with Crippen LogP contribution in [0.3, 0.4) is 0 Å². The highest BCUT2D eigenvalue weighted by atomic mass is 32.2. The molecule has 1 atom stereocenters. The van der Waals surface area contributed by atoms with Crippen LogP contribution in [0.2, 0.25) is 0 Å². The van der Waals surface area contributed by atoms with E-state index in [1.807, 2.05) is 0 Å². The van der Waals surface area contributed by atoms with E-state index in [1.165, 1.54) is 27.3 Å². The van der Waals surface area contributed by atoms with Gasteiger partial charge < -0.3 is 15.8 Å². The van der Waals surface area contributed by atoms with Gasteiger partial charge >= 0.3 is 0 Å². The molecule has 0 aliphatic carbocycles. The summed E-state index contributed by atoms with van der Waals surface area (Å²) in [6, 6.07) is 4.69. The number of aryl methyl sites for hydroxylation is 1. The van der Waals surface area contributed by atoms with Crippen molar-refractivity contribution in [2.45, 2.75) is 17.9 Å². The van der Waals surface area contributed by atoms with E-state index in [0.29, 0.717) is 11.3 Å². The predicted octanol–water partition coefficient (Wildman–Crippen LogP) is 0.158. The number of anilines is 1. The Labute approximate surface area is 125 Å². The lowest BCUT2D eigenvalue weighted by molar-refractivity contribution is -0.125. The Morgan fingerprint density at radius 3 is 2.52 bits per heavy atom. The first-order valence-electron chi connectivity index (χ1n) is 6.31. The topological polar surface area (TPSA) is 102 Å². The van der Waals surface area contributed by atoms with Crippen molar-refractivity contribution in [2.24, 2.45) is 5.73 Å². The molecule has 0 heterocycles. The summed E-state index contributed by atoms with van der Waals surface area (Å²) in [7, 11) is 0.720. The number of hydrogen-bond acceptors (Lipinski definition) is 5. The lowest BCUT2D eigenvalue weighted by atomic mass is 10.2. The second-order valence-corrected chi connectivity index (χ2v) is 6.84. The number of nitrogens with two attached hydrogens (primary N) is 1.